The number of aryl methyl sites for hydroxylation is 1. The molecule has 30 heavy (non-hydrogen) atoms. The van der Waals surface area contributed by atoms with Gasteiger partial charge in [0.05, 0.1) is 22.5 Å². The van der Waals surface area contributed by atoms with E-state index in [0.29, 0.717) is 22.7 Å². The van der Waals surface area contributed by atoms with Crippen LogP contribution in [-0.4, -0.2) is 33.3 Å². The van der Waals surface area contributed by atoms with Gasteiger partial charge in [0.25, 0.3) is 11.8 Å². The number of imidazole rings is 1. The molecule has 2 amide bonds. The number of carbonyl (C=O) groups excluding carboxylic acids is 2. The van der Waals surface area contributed by atoms with Crippen LogP contribution in [0.1, 0.15) is 32.8 Å². The second kappa shape index (κ2) is 8.51. The number of hydrogen-bond donors (Lipinski definition) is 1. The first-order valence-electron chi connectivity index (χ1n) is 9.71. The van der Waals surface area contributed by atoms with Gasteiger partial charge in [-0.3, -0.25) is 9.59 Å². The van der Waals surface area contributed by atoms with Gasteiger partial charge in [-0.15, -0.1) is 11.3 Å². The zero-order valence-electron chi connectivity index (χ0n) is 16.8. The summed E-state index contributed by atoms with van der Waals surface area (Å²) in [7, 11) is 1.76. The van der Waals surface area contributed by atoms with E-state index in [1.165, 1.54) is 11.3 Å². The second-order valence-corrected chi connectivity index (χ2v) is 7.88. The number of rotatable bonds is 6. The number of carbonyl (C=O) groups is 2. The van der Waals surface area contributed by atoms with Crippen molar-refractivity contribution in [1.82, 2.24) is 14.5 Å². The van der Waals surface area contributed by atoms with E-state index < -0.39 is 0 Å². The fourth-order valence-corrected chi connectivity index (χ4v) is 4.05. The molecule has 0 aliphatic heterocycles. The van der Waals surface area contributed by atoms with E-state index in [1.807, 2.05) is 35.7 Å². The van der Waals surface area contributed by atoms with Crippen molar-refractivity contribution in [3.63, 3.8) is 0 Å². The minimum Gasteiger partial charge on any atom is -0.334 e. The van der Waals surface area contributed by atoms with Gasteiger partial charge in [-0.1, -0.05) is 24.3 Å². The first kappa shape index (κ1) is 19.8. The summed E-state index contributed by atoms with van der Waals surface area (Å²) in [5, 5.41) is 4.70. The summed E-state index contributed by atoms with van der Waals surface area (Å²) in [5.41, 5.74) is 3.09. The Morgan fingerprint density at radius 2 is 1.93 bits per heavy atom. The van der Waals surface area contributed by atoms with Crippen molar-refractivity contribution < 1.29 is 9.59 Å². The standard InChI is InChI=1S/C23H22N4O2S/c1-3-27-19-11-5-4-10-18(19)25-21(27)15-26(2)23(29)16-8-6-9-17(14-16)24-22(28)20-12-7-13-30-20/h4-14H,3,15H2,1-2H3,(H,24,28). The van der Waals surface area contributed by atoms with Crippen molar-refractivity contribution in [3.05, 3.63) is 82.3 Å². The lowest BCUT2D eigenvalue weighted by atomic mass is 10.1. The monoisotopic (exact) mass is 418 g/mol. The fraction of sp³-hybridized carbons (Fsp3) is 0.174. The molecular formula is C23H22N4O2S. The molecule has 0 fully saturated rings. The van der Waals surface area contributed by atoms with Crippen molar-refractivity contribution in [2.75, 3.05) is 12.4 Å². The number of thiophene rings is 1. The lowest BCUT2D eigenvalue weighted by molar-refractivity contribution is 0.0780. The Hall–Kier alpha value is -3.45. The minimum absolute atomic E-state index is 0.128. The summed E-state index contributed by atoms with van der Waals surface area (Å²) in [6, 6.07) is 18.6. The molecule has 2 aromatic carbocycles. The Bertz CT molecular complexity index is 1200. The molecule has 7 heteroatoms. The maximum Gasteiger partial charge on any atom is 0.265 e. The van der Waals surface area contributed by atoms with Crippen LogP contribution in [0, 0.1) is 0 Å². The summed E-state index contributed by atoms with van der Waals surface area (Å²) in [4.78, 5) is 32.3. The van der Waals surface area contributed by atoms with Crippen molar-refractivity contribution >= 4 is 39.9 Å². The highest BCUT2D eigenvalue weighted by Gasteiger charge is 2.17. The summed E-state index contributed by atoms with van der Waals surface area (Å²) in [6.45, 7) is 3.24. The molecule has 0 saturated carbocycles. The minimum atomic E-state index is -0.181. The molecule has 2 heterocycles. The van der Waals surface area contributed by atoms with Crippen molar-refractivity contribution in [2.24, 2.45) is 0 Å². The molecule has 0 unspecified atom stereocenters. The third-order valence-corrected chi connectivity index (χ3v) is 5.76. The van der Waals surface area contributed by atoms with Gasteiger partial charge in [0.2, 0.25) is 0 Å². The van der Waals surface area contributed by atoms with Crippen molar-refractivity contribution in [2.45, 2.75) is 20.0 Å². The van der Waals surface area contributed by atoms with Crippen LogP contribution in [0.3, 0.4) is 0 Å². The second-order valence-electron chi connectivity index (χ2n) is 6.93. The SMILES string of the molecule is CCn1c(CN(C)C(=O)c2cccc(NC(=O)c3cccs3)c2)nc2ccccc21. The van der Waals surface area contributed by atoms with Gasteiger partial charge < -0.3 is 14.8 Å². The predicted octanol–water partition coefficient (Wildman–Crippen LogP) is 4.64. The Balaban J connectivity index is 1.51. The number of amides is 2. The number of nitrogens with zero attached hydrogens (tertiary/aromatic N) is 3. The summed E-state index contributed by atoms with van der Waals surface area (Å²) in [5.74, 6) is 0.535. The molecule has 152 valence electrons. The zero-order chi connectivity index (χ0) is 21.1. The third-order valence-electron chi connectivity index (χ3n) is 4.89. The van der Waals surface area contributed by atoms with Gasteiger partial charge in [0, 0.05) is 24.8 Å². The smallest absolute Gasteiger partial charge is 0.265 e. The van der Waals surface area contributed by atoms with E-state index in [4.69, 9.17) is 4.98 Å². The highest BCUT2D eigenvalue weighted by molar-refractivity contribution is 7.12. The molecule has 2 aromatic heterocycles. The van der Waals surface area contributed by atoms with Crippen LogP contribution in [0.15, 0.2) is 66.0 Å². The van der Waals surface area contributed by atoms with Crippen molar-refractivity contribution in [3.8, 4) is 0 Å². The van der Waals surface area contributed by atoms with E-state index >= 15 is 0 Å². The number of aromatic nitrogens is 2. The molecule has 4 rings (SSSR count). The van der Waals surface area contributed by atoms with Crippen molar-refractivity contribution in [1.29, 1.82) is 0 Å². The topological polar surface area (TPSA) is 67.2 Å². The normalized spacial score (nSPS) is 10.9. The molecule has 0 aliphatic rings. The number of hydrogen-bond acceptors (Lipinski definition) is 4. The lowest BCUT2D eigenvalue weighted by Gasteiger charge is -2.18. The van der Waals surface area contributed by atoms with Gasteiger partial charge in [0.1, 0.15) is 5.82 Å². The number of fused-ring (bicyclic) bond motifs is 1. The maximum atomic E-state index is 13.0. The Morgan fingerprint density at radius 1 is 1.10 bits per heavy atom. The highest BCUT2D eigenvalue weighted by atomic mass is 32.1. The molecule has 4 aromatic rings. The Labute approximate surface area is 178 Å². The van der Waals surface area contributed by atoms with E-state index in [1.54, 1.807) is 42.3 Å². The third kappa shape index (κ3) is 3.97. The predicted molar refractivity (Wildman–Crippen MR) is 120 cm³/mol. The molecule has 0 bridgehead atoms. The molecule has 0 atom stereocenters. The van der Waals surface area contributed by atoms with E-state index in [2.05, 4.69) is 16.8 Å². The highest BCUT2D eigenvalue weighted by Crippen LogP contribution is 2.19. The maximum absolute atomic E-state index is 13.0. The number of anilines is 1. The summed E-state index contributed by atoms with van der Waals surface area (Å²) in [6.07, 6.45) is 0. The van der Waals surface area contributed by atoms with Gasteiger partial charge in [0.15, 0.2) is 0 Å². The van der Waals surface area contributed by atoms with Gasteiger partial charge >= 0.3 is 0 Å². The van der Waals surface area contributed by atoms with Gasteiger partial charge in [-0.2, -0.15) is 0 Å². The molecule has 0 radical (unpaired) electrons. The van der Waals surface area contributed by atoms with E-state index in [0.717, 1.165) is 23.4 Å². The van der Waals surface area contributed by atoms with Crippen LogP contribution in [0.25, 0.3) is 11.0 Å². The average Bonchev–Trinajstić information content (AvgIpc) is 3.41. The largest absolute Gasteiger partial charge is 0.334 e. The van der Waals surface area contributed by atoms with Crippen LogP contribution in [0.4, 0.5) is 5.69 Å². The lowest BCUT2D eigenvalue weighted by Crippen LogP contribution is -2.27. The molecular weight excluding hydrogens is 396 g/mol. The van der Waals surface area contributed by atoms with E-state index in [-0.39, 0.29) is 11.8 Å². The quantitative estimate of drug-likeness (QED) is 0.496. The zero-order valence-corrected chi connectivity index (χ0v) is 17.6. The van der Waals surface area contributed by atoms with Gasteiger partial charge in [-0.05, 0) is 48.7 Å². The van der Waals surface area contributed by atoms with Crippen LogP contribution in [0.5, 0.6) is 0 Å². The first-order chi connectivity index (χ1) is 14.6. The fourth-order valence-electron chi connectivity index (χ4n) is 3.43. The molecule has 0 aliphatic carbocycles. The summed E-state index contributed by atoms with van der Waals surface area (Å²) >= 11 is 1.38. The average molecular weight is 419 g/mol. The molecule has 6 nitrogen and oxygen atoms in total. The Morgan fingerprint density at radius 3 is 2.70 bits per heavy atom. The van der Waals surface area contributed by atoms with Crippen LogP contribution < -0.4 is 5.32 Å². The molecule has 0 spiro atoms. The molecule has 0 saturated heterocycles. The Kier molecular flexibility index (Phi) is 5.63. The van der Waals surface area contributed by atoms with Crippen LogP contribution in [-0.2, 0) is 13.1 Å². The number of nitrogens with one attached hydrogen (secondary N) is 1. The van der Waals surface area contributed by atoms with Gasteiger partial charge in [-0.25, -0.2) is 4.98 Å². The molecule has 1 N–H and O–H groups in total. The first-order valence-corrected chi connectivity index (χ1v) is 10.6. The summed E-state index contributed by atoms with van der Waals surface area (Å²) < 4.78 is 2.12. The van der Waals surface area contributed by atoms with Crippen LogP contribution >= 0.6 is 11.3 Å². The number of benzene rings is 2. The van der Waals surface area contributed by atoms with Crippen LogP contribution in [0.2, 0.25) is 0 Å². The van der Waals surface area contributed by atoms with E-state index in [9.17, 15) is 9.59 Å². The number of para-hydroxylation sites is 2.